The van der Waals surface area contributed by atoms with E-state index in [9.17, 15) is 25.7 Å². The van der Waals surface area contributed by atoms with Crippen LogP contribution < -0.4 is 5.32 Å². The van der Waals surface area contributed by atoms with Crippen molar-refractivity contribution < 1.29 is 9.90 Å². The van der Waals surface area contributed by atoms with Crippen molar-refractivity contribution in [3.63, 3.8) is 0 Å². The molecule has 1 amide bonds. The highest BCUT2D eigenvalue weighted by Crippen LogP contribution is 2.65. The Bertz CT molecular complexity index is 818. The van der Waals surface area contributed by atoms with Crippen LogP contribution in [-0.4, -0.2) is 16.7 Å². The lowest BCUT2D eigenvalue weighted by Gasteiger charge is -2.49. The van der Waals surface area contributed by atoms with Gasteiger partial charge in [0.25, 0.3) is 0 Å². The van der Waals surface area contributed by atoms with Crippen LogP contribution in [0.25, 0.3) is 0 Å². The Labute approximate surface area is 146 Å². The second kappa shape index (κ2) is 5.59. The summed E-state index contributed by atoms with van der Waals surface area (Å²) in [4.78, 5) is 12.7. The minimum absolute atomic E-state index is 0.246. The summed E-state index contributed by atoms with van der Waals surface area (Å²) < 4.78 is 0. The van der Waals surface area contributed by atoms with Gasteiger partial charge in [-0.15, -0.1) is 0 Å². The number of fused-ring (bicyclic) bond motifs is 2. The zero-order valence-corrected chi connectivity index (χ0v) is 13.9. The average molecular weight is 334 g/mol. The molecular formula is C19H18N4O2. The summed E-state index contributed by atoms with van der Waals surface area (Å²) in [5.41, 5.74) is -4.68. The lowest BCUT2D eigenvalue weighted by Crippen LogP contribution is -2.57. The van der Waals surface area contributed by atoms with Gasteiger partial charge < -0.3 is 10.4 Å². The van der Waals surface area contributed by atoms with Crippen LogP contribution in [0.5, 0.6) is 0 Å². The van der Waals surface area contributed by atoms with Gasteiger partial charge in [-0.25, -0.2) is 0 Å². The van der Waals surface area contributed by atoms with Gasteiger partial charge >= 0.3 is 0 Å². The van der Waals surface area contributed by atoms with Crippen molar-refractivity contribution in [2.75, 3.05) is 0 Å². The molecule has 6 heteroatoms. The van der Waals surface area contributed by atoms with E-state index in [0.717, 1.165) is 0 Å². The summed E-state index contributed by atoms with van der Waals surface area (Å²) in [5.74, 6) is -2.02. The molecule has 25 heavy (non-hydrogen) atoms. The van der Waals surface area contributed by atoms with E-state index in [1.807, 2.05) is 31.2 Å². The molecule has 126 valence electrons. The SMILES string of the molecule is CCC[C@@H]1[C@@H](c2ccccc2)C(C#N)(C#N)[C@]2(C#N)C[C@@]1(O)NC2=O. The number of amides is 1. The van der Waals surface area contributed by atoms with E-state index in [0.29, 0.717) is 18.4 Å². The third kappa shape index (κ3) is 1.94. The second-order valence-electron chi connectivity index (χ2n) is 6.89. The van der Waals surface area contributed by atoms with Crippen molar-refractivity contribution >= 4 is 5.91 Å². The van der Waals surface area contributed by atoms with E-state index in [1.165, 1.54) is 0 Å². The molecule has 1 aliphatic carbocycles. The number of rotatable bonds is 3. The lowest BCUT2D eigenvalue weighted by molar-refractivity contribution is -0.128. The first-order valence-electron chi connectivity index (χ1n) is 8.28. The average Bonchev–Trinajstić information content (AvgIpc) is 2.88. The topological polar surface area (TPSA) is 121 Å². The molecular weight excluding hydrogens is 316 g/mol. The van der Waals surface area contributed by atoms with Crippen LogP contribution >= 0.6 is 0 Å². The van der Waals surface area contributed by atoms with E-state index in [4.69, 9.17) is 0 Å². The Kier molecular flexibility index (Phi) is 3.79. The third-order valence-corrected chi connectivity index (χ3v) is 5.71. The normalized spacial score (nSPS) is 35.1. The van der Waals surface area contributed by atoms with Crippen molar-refractivity contribution in [3.05, 3.63) is 35.9 Å². The fourth-order valence-corrected chi connectivity index (χ4v) is 4.61. The maximum atomic E-state index is 12.7. The smallest absolute Gasteiger partial charge is 0.245 e. The number of nitriles is 3. The highest BCUT2D eigenvalue weighted by Gasteiger charge is 2.76. The van der Waals surface area contributed by atoms with Crippen LogP contribution in [-0.2, 0) is 4.79 Å². The predicted molar refractivity (Wildman–Crippen MR) is 87.0 cm³/mol. The second-order valence-corrected chi connectivity index (χ2v) is 6.89. The van der Waals surface area contributed by atoms with Crippen LogP contribution in [0.15, 0.2) is 30.3 Å². The van der Waals surface area contributed by atoms with Gasteiger partial charge in [-0.3, -0.25) is 4.79 Å². The van der Waals surface area contributed by atoms with Crippen molar-refractivity contribution in [1.29, 1.82) is 15.8 Å². The molecule has 6 nitrogen and oxygen atoms in total. The molecule has 1 heterocycles. The molecule has 1 saturated carbocycles. The van der Waals surface area contributed by atoms with E-state index < -0.39 is 34.3 Å². The number of hydrogen-bond acceptors (Lipinski definition) is 5. The van der Waals surface area contributed by atoms with Gasteiger partial charge in [0.05, 0.1) is 18.2 Å². The zero-order chi connectivity index (χ0) is 18.3. The molecule has 1 aromatic rings. The molecule has 2 fully saturated rings. The van der Waals surface area contributed by atoms with Gasteiger partial charge in [-0.2, -0.15) is 15.8 Å². The van der Waals surface area contributed by atoms with Gasteiger partial charge in [-0.1, -0.05) is 43.7 Å². The van der Waals surface area contributed by atoms with Crippen LogP contribution in [0, 0.1) is 50.7 Å². The van der Waals surface area contributed by atoms with Crippen molar-refractivity contribution in [1.82, 2.24) is 5.32 Å². The quantitative estimate of drug-likeness (QED) is 0.875. The zero-order valence-electron chi connectivity index (χ0n) is 13.9. The third-order valence-electron chi connectivity index (χ3n) is 5.71. The predicted octanol–water partition coefficient (Wildman–Crippen LogP) is 1.95. The Balaban J connectivity index is 2.35. The van der Waals surface area contributed by atoms with Gasteiger partial charge in [0.15, 0.2) is 10.8 Å². The highest BCUT2D eigenvalue weighted by molar-refractivity contribution is 5.92. The molecule has 3 rings (SSSR count). The maximum absolute atomic E-state index is 12.7. The summed E-state index contributed by atoms with van der Waals surface area (Å²) >= 11 is 0. The van der Waals surface area contributed by atoms with E-state index >= 15 is 0 Å². The van der Waals surface area contributed by atoms with Gasteiger partial charge in [0.2, 0.25) is 5.91 Å². The largest absolute Gasteiger partial charge is 0.371 e. The molecule has 2 aliphatic rings. The number of carbonyl (C=O) groups excluding carboxylic acids is 1. The number of aliphatic hydroxyl groups is 1. The van der Waals surface area contributed by atoms with Crippen molar-refractivity contribution in [3.8, 4) is 18.2 Å². The first kappa shape index (κ1) is 17.0. The number of carbonyl (C=O) groups is 1. The molecule has 1 saturated heterocycles. The monoisotopic (exact) mass is 334 g/mol. The van der Waals surface area contributed by atoms with E-state index in [2.05, 4.69) is 5.32 Å². The Hall–Kier alpha value is -2.88. The molecule has 2 bridgehead atoms. The highest BCUT2D eigenvalue weighted by atomic mass is 16.3. The first-order valence-corrected chi connectivity index (χ1v) is 8.28. The number of hydrogen-bond donors (Lipinski definition) is 2. The van der Waals surface area contributed by atoms with Crippen molar-refractivity contribution in [2.24, 2.45) is 16.7 Å². The number of nitrogens with zero attached hydrogens (tertiary/aromatic N) is 3. The Morgan fingerprint density at radius 3 is 2.36 bits per heavy atom. The van der Waals surface area contributed by atoms with E-state index in [-0.39, 0.29) is 6.42 Å². The summed E-state index contributed by atoms with van der Waals surface area (Å²) in [6, 6.07) is 14.9. The van der Waals surface area contributed by atoms with Gasteiger partial charge in [-0.05, 0) is 12.0 Å². The first-order chi connectivity index (χ1) is 11.9. The summed E-state index contributed by atoms with van der Waals surface area (Å²) in [7, 11) is 0. The Morgan fingerprint density at radius 2 is 1.84 bits per heavy atom. The number of nitrogens with one attached hydrogen (secondary N) is 1. The van der Waals surface area contributed by atoms with Gasteiger partial charge in [0.1, 0.15) is 5.72 Å². The minimum Gasteiger partial charge on any atom is -0.371 e. The van der Waals surface area contributed by atoms with Crippen molar-refractivity contribution in [2.45, 2.75) is 37.8 Å². The lowest BCUT2D eigenvalue weighted by atomic mass is 9.48. The molecule has 4 atom stereocenters. The molecule has 0 radical (unpaired) electrons. The fourth-order valence-electron chi connectivity index (χ4n) is 4.61. The molecule has 1 aliphatic heterocycles. The fraction of sp³-hybridized carbons (Fsp3) is 0.474. The molecule has 1 aromatic carbocycles. The summed E-state index contributed by atoms with van der Waals surface area (Å²) in [6.07, 6.45) is 0.978. The Morgan fingerprint density at radius 1 is 1.20 bits per heavy atom. The molecule has 0 aromatic heterocycles. The summed E-state index contributed by atoms with van der Waals surface area (Å²) in [5, 5.41) is 43.5. The molecule has 2 N–H and O–H groups in total. The number of benzene rings is 1. The summed E-state index contributed by atoms with van der Waals surface area (Å²) in [6.45, 7) is 1.94. The van der Waals surface area contributed by atoms with Crippen LogP contribution in [0.1, 0.15) is 37.7 Å². The van der Waals surface area contributed by atoms with Crippen LogP contribution in [0.3, 0.4) is 0 Å². The maximum Gasteiger partial charge on any atom is 0.245 e. The van der Waals surface area contributed by atoms with E-state index in [1.54, 1.807) is 24.3 Å². The van der Waals surface area contributed by atoms with Crippen LogP contribution in [0.4, 0.5) is 0 Å². The molecule has 0 spiro atoms. The van der Waals surface area contributed by atoms with Crippen LogP contribution in [0.2, 0.25) is 0 Å². The molecule has 0 unspecified atom stereocenters. The minimum atomic E-state index is -1.89. The standard InChI is InChI=1S/C19H18N4O2/c1-2-6-14-15(13-7-4-3-5-8-13)18(11-21,12-22)17(10-20)9-19(14,25)23-16(17)24/h3-5,7-8,14-15,25H,2,6,9H2,1H3,(H,23,24)/t14-,15-,17+,19+/m1/s1. The van der Waals surface area contributed by atoms with Gasteiger partial charge in [0, 0.05) is 18.3 Å².